The number of hydrogen-bond donors (Lipinski definition) is 1. The van der Waals surface area contributed by atoms with Crippen molar-refractivity contribution in [3.63, 3.8) is 0 Å². The molecule has 1 heterocycles. The lowest BCUT2D eigenvalue weighted by molar-refractivity contribution is -0.139. The Bertz CT molecular complexity index is 1120. The summed E-state index contributed by atoms with van der Waals surface area (Å²) < 4.78 is 22.4. The number of nitrogens with two attached hydrogens (primary N) is 1. The maximum absolute atomic E-state index is 12.8. The molecule has 0 amide bonds. The Morgan fingerprint density at radius 3 is 2.59 bits per heavy atom. The molecule has 0 saturated heterocycles. The fraction of sp³-hybridized carbons (Fsp3) is 0.250. The summed E-state index contributed by atoms with van der Waals surface area (Å²) >= 11 is 5.96. The van der Waals surface area contributed by atoms with Crippen molar-refractivity contribution in [2.75, 3.05) is 13.7 Å². The van der Waals surface area contributed by atoms with Crippen molar-refractivity contribution in [3.05, 3.63) is 81.4 Å². The number of ether oxygens (including phenoxy) is 4. The number of halogens is 1. The smallest absolute Gasteiger partial charge is 0.338 e. The molecule has 0 fully saturated rings. The van der Waals surface area contributed by atoms with Gasteiger partial charge in [-0.1, -0.05) is 35.9 Å². The van der Waals surface area contributed by atoms with E-state index in [4.69, 9.17) is 36.3 Å². The molecule has 3 rings (SSSR count). The maximum Gasteiger partial charge on any atom is 0.338 e. The molecule has 2 aromatic carbocycles. The molecule has 0 bridgehead atoms. The number of hydrogen-bond acceptors (Lipinski definition) is 7. The van der Waals surface area contributed by atoms with Gasteiger partial charge < -0.3 is 24.7 Å². The number of esters is 1. The van der Waals surface area contributed by atoms with Gasteiger partial charge in [0.05, 0.1) is 25.2 Å². The van der Waals surface area contributed by atoms with E-state index in [1.807, 2.05) is 12.1 Å². The second kappa shape index (κ2) is 10.1. The van der Waals surface area contributed by atoms with Crippen LogP contribution in [0.15, 0.2) is 65.3 Å². The number of allylic oxidation sites excluding steroid dienone is 2. The number of methoxy groups -OCH3 is 1. The average Bonchev–Trinajstić information content (AvgIpc) is 2.78. The summed E-state index contributed by atoms with van der Waals surface area (Å²) in [6.45, 7) is 3.69. The molecule has 7 nitrogen and oxygen atoms in total. The van der Waals surface area contributed by atoms with Gasteiger partial charge in [0.2, 0.25) is 5.88 Å². The predicted molar refractivity (Wildman–Crippen MR) is 119 cm³/mol. The second-order valence-corrected chi connectivity index (χ2v) is 7.35. The molecule has 1 atom stereocenters. The van der Waals surface area contributed by atoms with E-state index >= 15 is 0 Å². The molecule has 1 unspecified atom stereocenters. The molecule has 2 N–H and O–H groups in total. The Kier molecular flexibility index (Phi) is 7.29. The molecule has 0 radical (unpaired) electrons. The van der Waals surface area contributed by atoms with Crippen molar-refractivity contribution in [1.29, 1.82) is 5.26 Å². The Balaban J connectivity index is 2.12. The van der Waals surface area contributed by atoms with Crippen LogP contribution in [0.5, 0.6) is 11.5 Å². The first kappa shape index (κ1) is 23.0. The fourth-order valence-corrected chi connectivity index (χ4v) is 3.60. The van der Waals surface area contributed by atoms with Crippen LogP contribution in [0, 0.1) is 11.3 Å². The van der Waals surface area contributed by atoms with Crippen molar-refractivity contribution in [3.8, 4) is 17.6 Å². The first-order chi connectivity index (χ1) is 15.4. The summed E-state index contributed by atoms with van der Waals surface area (Å²) in [6, 6.07) is 14.5. The van der Waals surface area contributed by atoms with Gasteiger partial charge in [-0.15, -0.1) is 0 Å². The largest absolute Gasteiger partial charge is 0.493 e. The summed E-state index contributed by atoms with van der Waals surface area (Å²) in [4.78, 5) is 12.8. The Labute approximate surface area is 191 Å². The minimum Gasteiger partial charge on any atom is -0.493 e. The molecule has 1 aliphatic heterocycles. The van der Waals surface area contributed by atoms with E-state index in [1.54, 1.807) is 44.2 Å². The Morgan fingerprint density at radius 1 is 1.25 bits per heavy atom. The van der Waals surface area contributed by atoms with Crippen LogP contribution >= 0.6 is 11.6 Å². The lowest BCUT2D eigenvalue weighted by atomic mass is 9.82. The van der Waals surface area contributed by atoms with E-state index < -0.39 is 11.9 Å². The molecular weight excluding hydrogens is 432 g/mol. The number of benzene rings is 2. The van der Waals surface area contributed by atoms with Gasteiger partial charge in [0.25, 0.3) is 0 Å². The third kappa shape index (κ3) is 4.66. The zero-order valence-corrected chi connectivity index (χ0v) is 18.7. The molecular formula is C24H23ClN2O5. The highest BCUT2D eigenvalue weighted by atomic mass is 35.5. The third-order valence-corrected chi connectivity index (χ3v) is 5.19. The number of nitriles is 1. The van der Waals surface area contributed by atoms with Gasteiger partial charge in [-0.05, 0) is 37.6 Å². The number of para-hydroxylation sites is 1. The van der Waals surface area contributed by atoms with Crippen LogP contribution in [0.4, 0.5) is 0 Å². The number of rotatable bonds is 7. The highest BCUT2D eigenvalue weighted by Gasteiger charge is 2.38. The van der Waals surface area contributed by atoms with Gasteiger partial charge in [0.15, 0.2) is 11.5 Å². The highest BCUT2D eigenvalue weighted by Crippen LogP contribution is 2.46. The summed E-state index contributed by atoms with van der Waals surface area (Å²) in [5.74, 6) is -0.428. The topological polar surface area (TPSA) is 104 Å². The van der Waals surface area contributed by atoms with Gasteiger partial charge in [0.1, 0.15) is 24.0 Å². The van der Waals surface area contributed by atoms with E-state index in [0.29, 0.717) is 22.1 Å². The van der Waals surface area contributed by atoms with Gasteiger partial charge in [-0.3, -0.25) is 0 Å². The van der Waals surface area contributed by atoms with Crippen molar-refractivity contribution < 1.29 is 23.7 Å². The molecule has 0 aromatic heterocycles. The Morgan fingerprint density at radius 2 is 1.97 bits per heavy atom. The molecule has 0 saturated carbocycles. The third-order valence-electron chi connectivity index (χ3n) is 4.94. The standard InChI is InChI=1S/C24H23ClN2O5/c1-4-30-24(28)20-14(2)32-23(27)18(12-26)21(20)17-6-5-7-19(29-3)22(17)31-13-15-8-10-16(25)11-9-15/h5-11,21H,4,13,27H2,1-3H3. The molecule has 32 heavy (non-hydrogen) atoms. The van der Waals surface area contributed by atoms with Crippen LogP contribution in [0.2, 0.25) is 5.02 Å². The van der Waals surface area contributed by atoms with E-state index in [9.17, 15) is 10.1 Å². The van der Waals surface area contributed by atoms with Crippen molar-refractivity contribution >= 4 is 17.6 Å². The van der Waals surface area contributed by atoms with E-state index in [-0.39, 0.29) is 36.0 Å². The van der Waals surface area contributed by atoms with Crippen LogP contribution in [0.1, 0.15) is 30.9 Å². The molecule has 8 heteroatoms. The van der Waals surface area contributed by atoms with Crippen LogP contribution in [-0.2, 0) is 20.9 Å². The van der Waals surface area contributed by atoms with Crippen molar-refractivity contribution in [1.82, 2.24) is 0 Å². The van der Waals surface area contributed by atoms with E-state index in [1.165, 1.54) is 7.11 Å². The summed E-state index contributed by atoms with van der Waals surface area (Å²) in [5.41, 5.74) is 7.69. The molecule has 1 aliphatic rings. The summed E-state index contributed by atoms with van der Waals surface area (Å²) in [5, 5.41) is 10.5. The predicted octanol–water partition coefficient (Wildman–Crippen LogP) is 4.57. The van der Waals surface area contributed by atoms with E-state index in [2.05, 4.69) is 6.07 Å². The minimum atomic E-state index is -0.844. The Hall–Kier alpha value is -3.63. The van der Waals surface area contributed by atoms with Gasteiger partial charge in [-0.2, -0.15) is 5.26 Å². The highest BCUT2D eigenvalue weighted by molar-refractivity contribution is 6.30. The first-order valence-electron chi connectivity index (χ1n) is 9.90. The van der Waals surface area contributed by atoms with Crippen LogP contribution in [-0.4, -0.2) is 19.7 Å². The average molecular weight is 455 g/mol. The maximum atomic E-state index is 12.8. The molecule has 0 aliphatic carbocycles. The van der Waals surface area contributed by atoms with Crippen LogP contribution < -0.4 is 15.2 Å². The van der Waals surface area contributed by atoms with E-state index in [0.717, 1.165) is 5.56 Å². The van der Waals surface area contributed by atoms with Gasteiger partial charge in [0, 0.05) is 10.6 Å². The fourth-order valence-electron chi connectivity index (χ4n) is 3.48. The summed E-state index contributed by atoms with van der Waals surface area (Å²) in [7, 11) is 1.51. The van der Waals surface area contributed by atoms with Gasteiger partial charge in [-0.25, -0.2) is 4.79 Å². The zero-order chi connectivity index (χ0) is 23.3. The first-order valence-corrected chi connectivity index (χ1v) is 10.3. The number of carbonyl (C=O) groups excluding carboxylic acids is 1. The van der Waals surface area contributed by atoms with Crippen molar-refractivity contribution in [2.45, 2.75) is 26.4 Å². The molecule has 166 valence electrons. The van der Waals surface area contributed by atoms with Crippen molar-refractivity contribution in [2.24, 2.45) is 5.73 Å². The summed E-state index contributed by atoms with van der Waals surface area (Å²) in [6.07, 6.45) is 0. The SMILES string of the molecule is CCOC(=O)C1=C(C)OC(N)=C(C#N)C1c1cccc(OC)c1OCc1ccc(Cl)cc1. The molecule has 2 aromatic rings. The lowest BCUT2D eigenvalue weighted by Crippen LogP contribution is -2.26. The normalized spacial score (nSPS) is 15.7. The second-order valence-electron chi connectivity index (χ2n) is 6.91. The molecule has 0 spiro atoms. The quantitative estimate of drug-likeness (QED) is 0.611. The number of nitrogens with zero attached hydrogens (tertiary/aromatic N) is 1. The minimum absolute atomic E-state index is 0.0745. The van der Waals surface area contributed by atoms with Gasteiger partial charge >= 0.3 is 5.97 Å². The zero-order valence-electron chi connectivity index (χ0n) is 18.0. The van der Waals surface area contributed by atoms with Crippen LogP contribution in [0.3, 0.4) is 0 Å². The van der Waals surface area contributed by atoms with Crippen LogP contribution in [0.25, 0.3) is 0 Å². The monoisotopic (exact) mass is 454 g/mol. The lowest BCUT2D eigenvalue weighted by Gasteiger charge is -2.28. The number of carbonyl (C=O) groups is 1.